The van der Waals surface area contributed by atoms with Crippen LogP contribution in [0, 0.1) is 0 Å². The van der Waals surface area contributed by atoms with E-state index in [2.05, 4.69) is 17.2 Å². The Kier molecular flexibility index (Phi) is 4.30. The number of imidazole rings is 1. The highest BCUT2D eigenvalue weighted by Crippen LogP contribution is 2.02. The molecule has 0 bridgehead atoms. The normalized spacial score (nSPS) is 12.7. The third kappa shape index (κ3) is 3.06. The first-order chi connectivity index (χ1) is 7.19. The van der Waals surface area contributed by atoms with Crippen molar-refractivity contribution in [3.8, 4) is 0 Å². The first-order valence-corrected chi connectivity index (χ1v) is 5.15. The van der Waals surface area contributed by atoms with Gasteiger partial charge in [-0.1, -0.05) is 6.92 Å². The van der Waals surface area contributed by atoms with Gasteiger partial charge in [-0.15, -0.1) is 0 Å². The zero-order chi connectivity index (χ0) is 11.3. The summed E-state index contributed by atoms with van der Waals surface area (Å²) in [6, 6.07) is -0.338. The van der Waals surface area contributed by atoms with Crippen molar-refractivity contribution in [1.82, 2.24) is 14.9 Å². The van der Waals surface area contributed by atoms with Gasteiger partial charge >= 0.3 is 0 Å². The van der Waals surface area contributed by atoms with E-state index in [1.165, 1.54) is 0 Å². The van der Waals surface area contributed by atoms with Crippen LogP contribution < -0.4 is 11.1 Å². The molecule has 84 valence electrons. The Morgan fingerprint density at radius 2 is 2.47 bits per heavy atom. The van der Waals surface area contributed by atoms with Gasteiger partial charge in [0.15, 0.2) is 0 Å². The number of rotatable bonds is 6. The fourth-order valence-electron chi connectivity index (χ4n) is 1.48. The van der Waals surface area contributed by atoms with Crippen molar-refractivity contribution >= 4 is 5.91 Å². The predicted molar refractivity (Wildman–Crippen MR) is 58.3 cm³/mol. The molecule has 1 aromatic heterocycles. The molecule has 1 heterocycles. The number of amides is 1. The Morgan fingerprint density at radius 1 is 1.73 bits per heavy atom. The Morgan fingerprint density at radius 3 is 3.00 bits per heavy atom. The number of likely N-dealkylation sites (N-methyl/N-ethyl adjacent to an activating group) is 1. The largest absolute Gasteiger partial charge is 0.368 e. The molecule has 1 rings (SSSR count). The van der Waals surface area contributed by atoms with Crippen LogP contribution in [0.4, 0.5) is 0 Å². The van der Waals surface area contributed by atoms with E-state index in [1.54, 1.807) is 13.2 Å². The van der Waals surface area contributed by atoms with Crippen molar-refractivity contribution in [2.45, 2.75) is 32.4 Å². The van der Waals surface area contributed by atoms with Crippen LogP contribution in [0.25, 0.3) is 0 Å². The standard InChI is InChI=1S/C10H18N4O/c1-3-4-9-13-5-6-14(9)7-8(12-2)10(11)15/h5-6,8,12H,3-4,7H2,1-2H3,(H2,11,15). The van der Waals surface area contributed by atoms with Gasteiger partial charge in [-0.2, -0.15) is 0 Å². The number of hydrogen-bond acceptors (Lipinski definition) is 3. The van der Waals surface area contributed by atoms with Gasteiger partial charge in [0.2, 0.25) is 5.91 Å². The number of carbonyl (C=O) groups is 1. The minimum Gasteiger partial charge on any atom is -0.368 e. The predicted octanol–water partition coefficient (Wildman–Crippen LogP) is -0.0911. The summed E-state index contributed by atoms with van der Waals surface area (Å²) < 4.78 is 1.97. The molecule has 1 unspecified atom stereocenters. The molecule has 0 aliphatic carbocycles. The third-order valence-corrected chi connectivity index (χ3v) is 2.35. The number of nitrogens with one attached hydrogen (secondary N) is 1. The number of carbonyl (C=O) groups excluding carboxylic acids is 1. The molecule has 0 aliphatic rings. The molecule has 0 spiro atoms. The minimum absolute atomic E-state index is 0.338. The van der Waals surface area contributed by atoms with Crippen LogP contribution in [-0.2, 0) is 17.8 Å². The highest BCUT2D eigenvalue weighted by molar-refractivity contribution is 5.79. The number of nitrogens with zero attached hydrogens (tertiary/aromatic N) is 2. The molecule has 1 aromatic rings. The van der Waals surface area contributed by atoms with Gasteiger partial charge in [0, 0.05) is 25.4 Å². The Hall–Kier alpha value is -1.36. The second kappa shape index (κ2) is 5.50. The van der Waals surface area contributed by atoms with E-state index in [0.29, 0.717) is 6.54 Å². The van der Waals surface area contributed by atoms with Crippen molar-refractivity contribution in [3.63, 3.8) is 0 Å². The zero-order valence-electron chi connectivity index (χ0n) is 9.23. The molecule has 1 amide bonds. The summed E-state index contributed by atoms with van der Waals surface area (Å²) in [7, 11) is 1.73. The Bertz CT molecular complexity index is 321. The van der Waals surface area contributed by atoms with Crippen LogP contribution in [-0.4, -0.2) is 28.5 Å². The van der Waals surface area contributed by atoms with E-state index >= 15 is 0 Å². The van der Waals surface area contributed by atoms with Gasteiger partial charge in [-0.3, -0.25) is 4.79 Å². The fraction of sp³-hybridized carbons (Fsp3) is 0.600. The number of primary amides is 1. The maximum absolute atomic E-state index is 11.1. The van der Waals surface area contributed by atoms with E-state index in [-0.39, 0.29) is 11.9 Å². The van der Waals surface area contributed by atoms with Crippen LogP contribution in [0.15, 0.2) is 12.4 Å². The molecule has 15 heavy (non-hydrogen) atoms. The lowest BCUT2D eigenvalue weighted by Crippen LogP contribution is -2.42. The van der Waals surface area contributed by atoms with Gasteiger partial charge < -0.3 is 15.6 Å². The van der Waals surface area contributed by atoms with Gasteiger partial charge in [0.25, 0.3) is 0 Å². The average molecular weight is 210 g/mol. The number of nitrogens with two attached hydrogens (primary N) is 1. The van der Waals surface area contributed by atoms with E-state index in [9.17, 15) is 4.79 Å². The second-order valence-electron chi connectivity index (χ2n) is 3.49. The number of hydrogen-bond donors (Lipinski definition) is 2. The van der Waals surface area contributed by atoms with Crippen LogP contribution in [0.3, 0.4) is 0 Å². The third-order valence-electron chi connectivity index (χ3n) is 2.35. The van der Waals surface area contributed by atoms with Gasteiger partial charge in [0.05, 0.1) is 0 Å². The molecule has 0 fully saturated rings. The lowest BCUT2D eigenvalue weighted by atomic mass is 10.2. The molecular formula is C10H18N4O. The summed E-state index contributed by atoms with van der Waals surface area (Å²) >= 11 is 0. The van der Waals surface area contributed by atoms with Crippen LogP contribution in [0.2, 0.25) is 0 Å². The Balaban J connectivity index is 2.69. The lowest BCUT2D eigenvalue weighted by molar-refractivity contribution is -0.120. The van der Waals surface area contributed by atoms with Crippen molar-refractivity contribution in [2.24, 2.45) is 5.73 Å². The van der Waals surface area contributed by atoms with Gasteiger partial charge in [-0.05, 0) is 13.5 Å². The van der Waals surface area contributed by atoms with Gasteiger partial charge in [0.1, 0.15) is 11.9 Å². The highest BCUT2D eigenvalue weighted by atomic mass is 16.1. The SMILES string of the molecule is CCCc1nccn1CC(NC)C(N)=O. The summed E-state index contributed by atoms with van der Waals surface area (Å²) in [4.78, 5) is 15.3. The van der Waals surface area contributed by atoms with E-state index in [1.807, 2.05) is 10.8 Å². The zero-order valence-corrected chi connectivity index (χ0v) is 9.23. The topological polar surface area (TPSA) is 72.9 Å². The molecule has 0 saturated carbocycles. The van der Waals surface area contributed by atoms with Crippen molar-refractivity contribution < 1.29 is 4.79 Å². The van der Waals surface area contributed by atoms with Crippen molar-refractivity contribution in [3.05, 3.63) is 18.2 Å². The molecule has 0 aromatic carbocycles. The fourth-order valence-corrected chi connectivity index (χ4v) is 1.48. The molecule has 0 aliphatic heterocycles. The summed E-state index contributed by atoms with van der Waals surface area (Å²) in [6.45, 7) is 2.64. The summed E-state index contributed by atoms with van der Waals surface area (Å²) in [5.41, 5.74) is 5.25. The second-order valence-corrected chi connectivity index (χ2v) is 3.49. The maximum Gasteiger partial charge on any atom is 0.236 e. The highest BCUT2D eigenvalue weighted by Gasteiger charge is 2.14. The minimum atomic E-state index is -0.339. The lowest BCUT2D eigenvalue weighted by Gasteiger charge is -2.14. The first-order valence-electron chi connectivity index (χ1n) is 5.15. The smallest absolute Gasteiger partial charge is 0.236 e. The molecule has 5 nitrogen and oxygen atoms in total. The molecule has 1 atom stereocenters. The van der Waals surface area contributed by atoms with Crippen LogP contribution >= 0.6 is 0 Å². The number of aromatic nitrogens is 2. The summed E-state index contributed by atoms with van der Waals surface area (Å²) in [5, 5.41) is 2.89. The quantitative estimate of drug-likeness (QED) is 0.689. The molecule has 0 saturated heterocycles. The monoisotopic (exact) mass is 210 g/mol. The average Bonchev–Trinajstić information content (AvgIpc) is 2.62. The molecular weight excluding hydrogens is 192 g/mol. The van der Waals surface area contributed by atoms with E-state index in [4.69, 9.17) is 5.73 Å². The van der Waals surface area contributed by atoms with Crippen LogP contribution in [0.1, 0.15) is 19.2 Å². The van der Waals surface area contributed by atoms with E-state index < -0.39 is 0 Å². The Labute approximate surface area is 89.7 Å². The van der Waals surface area contributed by atoms with Gasteiger partial charge in [-0.25, -0.2) is 4.98 Å². The maximum atomic E-state index is 11.1. The summed E-state index contributed by atoms with van der Waals surface area (Å²) in [5.74, 6) is 0.660. The molecule has 0 radical (unpaired) electrons. The summed E-state index contributed by atoms with van der Waals surface area (Å²) in [6.07, 6.45) is 5.58. The first kappa shape index (κ1) is 11.7. The number of aryl methyl sites for hydroxylation is 1. The van der Waals surface area contributed by atoms with Crippen molar-refractivity contribution in [2.75, 3.05) is 7.05 Å². The molecule has 5 heteroatoms. The van der Waals surface area contributed by atoms with Crippen LogP contribution in [0.5, 0.6) is 0 Å². The molecule has 3 N–H and O–H groups in total. The van der Waals surface area contributed by atoms with Crippen molar-refractivity contribution in [1.29, 1.82) is 0 Å². The van der Waals surface area contributed by atoms with E-state index in [0.717, 1.165) is 18.7 Å².